The van der Waals surface area contributed by atoms with E-state index in [4.69, 9.17) is 0 Å². The summed E-state index contributed by atoms with van der Waals surface area (Å²) in [5, 5.41) is 2.58. The Morgan fingerprint density at radius 1 is 0.909 bits per heavy atom. The van der Waals surface area contributed by atoms with Crippen LogP contribution in [0.3, 0.4) is 0 Å². The van der Waals surface area contributed by atoms with Gasteiger partial charge in [-0.15, -0.1) is 0 Å². The van der Waals surface area contributed by atoms with Crippen LogP contribution in [0.25, 0.3) is 0 Å². The zero-order valence-corrected chi connectivity index (χ0v) is 15.3. The van der Waals surface area contributed by atoms with Gasteiger partial charge in [0.2, 0.25) is 0 Å². The van der Waals surface area contributed by atoms with Crippen molar-refractivity contribution in [2.75, 3.05) is 19.6 Å². The molecule has 0 aromatic heterocycles. The third-order valence-electron chi connectivity index (χ3n) is 5.85. The number of halogens is 1. The second-order valence-corrected chi connectivity index (χ2v) is 8.24. The molecule has 1 saturated heterocycles. The number of nitrogens with one attached hydrogen (secondary N) is 1. The molecule has 3 rings (SSSR count). The van der Waals surface area contributed by atoms with Gasteiger partial charge in [0, 0.05) is 22.9 Å². The summed E-state index contributed by atoms with van der Waals surface area (Å²) in [6, 6.07) is 8.83. The fourth-order valence-corrected chi connectivity index (χ4v) is 4.84. The average Bonchev–Trinajstić information content (AvgIpc) is 2.58. The molecule has 22 heavy (non-hydrogen) atoms. The summed E-state index contributed by atoms with van der Waals surface area (Å²) in [5.74, 6) is 0. The normalized spacial score (nSPS) is 22.6. The molecule has 0 bridgehead atoms. The number of nitrogens with two attached hydrogens (primary N) is 1. The van der Waals surface area contributed by atoms with Crippen molar-refractivity contribution in [1.82, 2.24) is 0 Å². The summed E-state index contributed by atoms with van der Waals surface area (Å²) in [4.78, 5) is 1.94. The molecule has 1 aliphatic heterocycles. The van der Waals surface area contributed by atoms with Crippen molar-refractivity contribution >= 4 is 15.9 Å². The third kappa shape index (κ3) is 4.12. The number of rotatable bonds is 5. The summed E-state index contributed by atoms with van der Waals surface area (Å²) >= 11 is 3.52. The minimum atomic E-state index is 0.577. The zero-order valence-electron chi connectivity index (χ0n) is 13.7. The van der Waals surface area contributed by atoms with Crippen molar-refractivity contribution in [1.29, 1.82) is 0 Å². The molecular weight excluding hydrogens is 336 g/mol. The van der Waals surface area contributed by atoms with E-state index in [0.717, 1.165) is 6.54 Å². The van der Waals surface area contributed by atoms with Crippen molar-refractivity contribution in [3.05, 3.63) is 34.3 Å². The van der Waals surface area contributed by atoms with E-state index in [9.17, 15) is 0 Å². The number of quaternary nitrogens is 2. The van der Waals surface area contributed by atoms with Crippen LogP contribution in [0.4, 0.5) is 0 Å². The van der Waals surface area contributed by atoms with Crippen LogP contribution in [-0.2, 0) is 6.54 Å². The van der Waals surface area contributed by atoms with Gasteiger partial charge in [-0.3, -0.25) is 0 Å². The smallest absolute Gasteiger partial charge is 0.147 e. The SMILES string of the molecule is Brc1ccc(C[NH2+]CC2([NH+]3CCCCC3)CCCCC2)cc1. The maximum absolute atomic E-state index is 3.52. The molecule has 0 unspecified atom stereocenters. The Morgan fingerprint density at radius 2 is 1.55 bits per heavy atom. The Hall–Kier alpha value is -0.380. The maximum atomic E-state index is 3.52. The highest BCUT2D eigenvalue weighted by Crippen LogP contribution is 2.25. The highest BCUT2D eigenvalue weighted by atomic mass is 79.9. The summed E-state index contributed by atoms with van der Waals surface area (Å²) in [7, 11) is 0. The lowest BCUT2D eigenvalue weighted by molar-refractivity contribution is -0.973. The molecule has 3 N–H and O–H groups in total. The second kappa shape index (κ2) is 7.94. The van der Waals surface area contributed by atoms with E-state index in [1.807, 2.05) is 4.90 Å². The van der Waals surface area contributed by atoms with Gasteiger partial charge in [-0.1, -0.05) is 34.5 Å². The van der Waals surface area contributed by atoms with Crippen LogP contribution >= 0.6 is 15.9 Å². The van der Waals surface area contributed by atoms with Gasteiger partial charge >= 0.3 is 0 Å². The Morgan fingerprint density at radius 3 is 2.23 bits per heavy atom. The van der Waals surface area contributed by atoms with E-state index in [1.165, 1.54) is 81.0 Å². The molecule has 2 nitrogen and oxygen atoms in total. The van der Waals surface area contributed by atoms with Gasteiger partial charge in [-0.2, -0.15) is 0 Å². The molecule has 122 valence electrons. The molecule has 0 amide bonds. The quantitative estimate of drug-likeness (QED) is 0.797. The van der Waals surface area contributed by atoms with Crippen LogP contribution in [0.15, 0.2) is 28.7 Å². The van der Waals surface area contributed by atoms with Gasteiger partial charge in [0.05, 0.1) is 13.1 Å². The van der Waals surface area contributed by atoms with Gasteiger partial charge in [0.1, 0.15) is 18.6 Å². The van der Waals surface area contributed by atoms with Crippen LogP contribution in [0.5, 0.6) is 0 Å². The lowest BCUT2D eigenvalue weighted by Gasteiger charge is -2.43. The molecule has 1 aromatic rings. The lowest BCUT2D eigenvalue weighted by Crippen LogP contribution is -3.23. The fraction of sp³-hybridized carbons (Fsp3) is 0.684. The van der Waals surface area contributed by atoms with Crippen molar-refractivity contribution < 1.29 is 10.2 Å². The first-order valence-corrected chi connectivity index (χ1v) is 9.99. The molecule has 1 heterocycles. The zero-order chi connectivity index (χ0) is 15.3. The number of benzene rings is 1. The molecule has 3 heteroatoms. The molecule has 2 aliphatic rings. The first-order valence-electron chi connectivity index (χ1n) is 9.20. The summed E-state index contributed by atoms with van der Waals surface area (Å²) in [5.41, 5.74) is 2.02. The number of hydrogen-bond acceptors (Lipinski definition) is 0. The van der Waals surface area contributed by atoms with Gasteiger partial charge in [-0.25, -0.2) is 0 Å². The molecule has 0 atom stereocenters. The lowest BCUT2D eigenvalue weighted by atomic mass is 9.79. The Balaban J connectivity index is 1.58. The van der Waals surface area contributed by atoms with E-state index in [-0.39, 0.29) is 0 Å². The standard InChI is InChI=1S/C19H29BrN2/c20-18-9-7-17(8-10-18)15-21-16-19(11-3-1-4-12-19)22-13-5-2-6-14-22/h7-10,21H,1-6,11-16H2/p+2. The van der Waals surface area contributed by atoms with Crippen molar-refractivity contribution in [3.63, 3.8) is 0 Å². The van der Waals surface area contributed by atoms with E-state index in [0.29, 0.717) is 5.54 Å². The van der Waals surface area contributed by atoms with E-state index >= 15 is 0 Å². The molecule has 2 fully saturated rings. The third-order valence-corrected chi connectivity index (χ3v) is 6.37. The summed E-state index contributed by atoms with van der Waals surface area (Å²) < 4.78 is 1.18. The topological polar surface area (TPSA) is 21.1 Å². The molecule has 0 radical (unpaired) electrons. The van der Waals surface area contributed by atoms with E-state index in [1.54, 1.807) is 0 Å². The van der Waals surface area contributed by atoms with Crippen LogP contribution < -0.4 is 10.2 Å². The van der Waals surface area contributed by atoms with E-state index < -0.39 is 0 Å². The van der Waals surface area contributed by atoms with Crippen molar-refractivity contribution in [2.45, 2.75) is 63.5 Å². The first-order chi connectivity index (χ1) is 10.8. The Labute approximate surface area is 143 Å². The minimum absolute atomic E-state index is 0.577. The molecular formula is C19H31BrN2+2. The molecule has 0 spiro atoms. The predicted molar refractivity (Wildman–Crippen MR) is 95.0 cm³/mol. The largest absolute Gasteiger partial charge is 0.337 e. The molecule has 1 saturated carbocycles. The van der Waals surface area contributed by atoms with Crippen molar-refractivity contribution in [3.8, 4) is 0 Å². The highest BCUT2D eigenvalue weighted by Gasteiger charge is 2.43. The number of likely N-dealkylation sites (tertiary alicyclic amines) is 1. The van der Waals surface area contributed by atoms with Crippen LogP contribution in [0, 0.1) is 0 Å². The van der Waals surface area contributed by atoms with Crippen LogP contribution in [-0.4, -0.2) is 25.2 Å². The Kier molecular flexibility index (Phi) is 5.95. The Bertz CT molecular complexity index is 445. The van der Waals surface area contributed by atoms with Gasteiger partial charge in [0.25, 0.3) is 0 Å². The van der Waals surface area contributed by atoms with Crippen LogP contribution in [0.1, 0.15) is 56.9 Å². The molecule has 1 aliphatic carbocycles. The fourth-order valence-electron chi connectivity index (χ4n) is 4.58. The predicted octanol–water partition coefficient (Wildman–Crippen LogP) is 2.28. The monoisotopic (exact) mass is 366 g/mol. The van der Waals surface area contributed by atoms with E-state index in [2.05, 4.69) is 45.5 Å². The number of piperidine rings is 1. The maximum Gasteiger partial charge on any atom is 0.147 e. The second-order valence-electron chi connectivity index (χ2n) is 7.33. The van der Waals surface area contributed by atoms with Gasteiger partial charge in [-0.05, 0) is 44.2 Å². The number of hydrogen-bond donors (Lipinski definition) is 2. The summed E-state index contributed by atoms with van der Waals surface area (Å²) in [6.45, 7) is 5.29. The molecule has 1 aromatic carbocycles. The van der Waals surface area contributed by atoms with Gasteiger partial charge in [0.15, 0.2) is 0 Å². The average molecular weight is 367 g/mol. The minimum Gasteiger partial charge on any atom is -0.337 e. The highest BCUT2D eigenvalue weighted by molar-refractivity contribution is 9.10. The van der Waals surface area contributed by atoms with Crippen molar-refractivity contribution in [2.24, 2.45) is 0 Å². The van der Waals surface area contributed by atoms with Crippen LogP contribution in [0.2, 0.25) is 0 Å². The van der Waals surface area contributed by atoms with Gasteiger partial charge < -0.3 is 10.2 Å². The first kappa shape index (κ1) is 16.5. The summed E-state index contributed by atoms with van der Waals surface area (Å²) in [6.07, 6.45) is 11.6.